The molecule has 55 valence electrons. The van der Waals surface area contributed by atoms with Crippen LogP contribution in [0.4, 0.5) is 0 Å². The Kier molecular flexibility index (Phi) is 3.14. The van der Waals surface area contributed by atoms with Gasteiger partial charge in [0.05, 0.1) is 5.75 Å². The van der Waals surface area contributed by atoms with Crippen LogP contribution >= 0.6 is 0 Å². The summed E-state index contributed by atoms with van der Waals surface area (Å²) < 4.78 is 28.4. The number of rotatable bonds is 3. The Morgan fingerprint density at radius 1 is 1.44 bits per heavy atom. The summed E-state index contributed by atoms with van der Waals surface area (Å²) in [5.41, 5.74) is 0. The van der Waals surface area contributed by atoms with Gasteiger partial charge in [0.15, 0.2) is 0 Å². The molecule has 0 bridgehead atoms. The van der Waals surface area contributed by atoms with E-state index in [1.54, 1.807) is 0 Å². The highest BCUT2D eigenvalue weighted by Gasteiger charge is 2.04. The number of hydrogen-bond acceptors (Lipinski definition) is 2. The summed E-state index contributed by atoms with van der Waals surface area (Å²) >= 11 is 0. The lowest BCUT2D eigenvalue weighted by Crippen LogP contribution is -2.05. The summed E-state index contributed by atoms with van der Waals surface area (Å²) in [5.74, 6) is 0.850. The first-order valence-electron chi connectivity index (χ1n) is 2.66. The van der Waals surface area contributed by atoms with Crippen LogP contribution in [0.2, 0.25) is 0 Å². The van der Waals surface area contributed by atoms with Crippen molar-refractivity contribution >= 4 is 10.1 Å². The minimum Gasteiger partial charge on any atom is -0.286 e. The van der Waals surface area contributed by atoms with E-state index < -0.39 is 10.1 Å². The van der Waals surface area contributed by atoms with Gasteiger partial charge in [0.2, 0.25) is 0 Å². The van der Waals surface area contributed by atoms with E-state index in [9.17, 15) is 8.42 Å². The van der Waals surface area contributed by atoms with Gasteiger partial charge in [-0.25, -0.2) is 0 Å². The average Bonchev–Trinajstić information content (AvgIpc) is 1.59. The minimum absolute atomic E-state index is 0.157. The molecule has 0 heterocycles. The van der Waals surface area contributed by atoms with Crippen LogP contribution in [0.5, 0.6) is 0 Å². The van der Waals surface area contributed by atoms with Gasteiger partial charge in [-0.3, -0.25) is 4.55 Å². The zero-order chi connectivity index (χ0) is 7.49. The second kappa shape index (κ2) is 3.17. The average molecular weight is 151 g/mol. The molecule has 3 nitrogen and oxygen atoms in total. The molecule has 0 aromatic heterocycles. The molecule has 0 rings (SSSR count). The van der Waals surface area contributed by atoms with Crippen LogP contribution in [0.1, 0.15) is 20.3 Å². The van der Waals surface area contributed by atoms with Gasteiger partial charge in [-0.15, -0.1) is 0 Å². The van der Waals surface area contributed by atoms with Crippen LogP contribution in [0, 0.1) is 5.92 Å². The van der Waals surface area contributed by atoms with E-state index in [0.29, 0.717) is 6.42 Å². The maximum absolute atomic E-state index is 10.1. The fourth-order valence-electron chi connectivity index (χ4n) is 0.333. The molecular formula is C5H11O3S. The first-order chi connectivity index (χ1) is 3.92. The topological polar surface area (TPSA) is 54.4 Å². The molecule has 0 atom stereocenters. The predicted molar refractivity (Wildman–Crippen MR) is 35.6 cm³/mol. The van der Waals surface area contributed by atoms with Crippen molar-refractivity contribution in [3.8, 4) is 0 Å². The fraction of sp³-hybridized carbons (Fsp3) is 0.800. The molecule has 0 aromatic carbocycles. The summed E-state index contributed by atoms with van der Waals surface area (Å²) in [7, 11) is -3.74. The molecule has 0 amide bonds. The molecule has 0 aliphatic carbocycles. The molecular weight excluding hydrogens is 140 g/mol. The van der Waals surface area contributed by atoms with Crippen LogP contribution in [0.15, 0.2) is 0 Å². The van der Waals surface area contributed by atoms with E-state index in [4.69, 9.17) is 4.55 Å². The van der Waals surface area contributed by atoms with Crippen LogP contribution in [0.3, 0.4) is 0 Å². The van der Waals surface area contributed by atoms with Crippen molar-refractivity contribution in [2.75, 3.05) is 5.75 Å². The molecule has 0 saturated heterocycles. The Bertz CT molecular complexity index is 157. The summed E-state index contributed by atoms with van der Waals surface area (Å²) in [6.45, 7) is 3.65. The Labute approximate surface area is 55.8 Å². The van der Waals surface area contributed by atoms with Gasteiger partial charge in [0, 0.05) is 0 Å². The Morgan fingerprint density at radius 2 is 1.89 bits per heavy atom. The maximum Gasteiger partial charge on any atom is 0.264 e. The molecule has 0 saturated carbocycles. The van der Waals surface area contributed by atoms with Gasteiger partial charge < -0.3 is 0 Å². The molecule has 4 heteroatoms. The Hall–Kier alpha value is -0.0900. The minimum atomic E-state index is -3.74. The van der Waals surface area contributed by atoms with E-state index in [-0.39, 0.29) is 5.75 Å². The lowest BCUT2D eigenvalue weighted by molar-refractivity contribution is 0.481. The molecule has 9 heavy (non-hydrogen) atoms. The molecule has 1 radical (unpaired) electrons. The van der Waals surface area contributed by atoms with Crippen molar-refractivity contribution < 1.29 is 13.0 Å². The first-order valence-corrected chi connectivity index (χ1v) is 4.27. The molecule has 0 unspecified atom stereocenters. The summed E-state index contributed by atoms with van der Waals surface area (Å²) in [5, 5.41) is 0. The summed E-state index contributed by atoms with van der Waals surface area (Å²) in [6, 6.07) is 0. The van der Waals surface area contributed by atoms with Crippen LogP contribution in [-0.2, 0) is 10.1 Å². The van der Waals surface area contributed by atoms with E-state index >= 15 is 0 Å². The third-order valence-electron chi connectivity index (χ3n) is 0.860. The quantitative estimate of drug-likeness (QED) is 0.609. The second-order valence-corrected chi connectivity index (χ2v) is 3.82. The van der Waals surface area contributed by atoms with E-state index in [2.05, 4.69) is 0 Å². The first kappa shape index (κ1) is 8.91. The lowest BCUT2D eigenvalue weighted by Gasteiger charge is -1.98. The second-order valence-electron chi connectivity index (χ2n) is 2.24. The van der Waals surface area contributed by atoms with Gasteiger partial charge >= 0.3 is 0 Å². The Morgan fingerprint density at radius 3 is 2.00 bits per heavy atom. The van der Waals surface area contributed by atoms with Crippen molar-refractivity contribution in [2.24, 2.45) is 0 Å². The number of hydrogen-bond donors (Lipinski definition) is 1. The lowest BCUT2D eigenvalue weighted by atomic mass is 10.2. The highest BCUT2D eigenvalue weighted by atomic mass is 32.2. The normalized spacial score (nSPS) is 12.4. The largest absolute Gasteiger partial charge is 0.286 e. The van der Waals surface area contributed by atoms with E-state index in [0.717, 1.165) is 5.92 Å². The van der Waals surface area contributed by atoms with E-state index in [1.165, 1.54) is 0 Å². The third kappa shape index (κ3) is 7.91. The van der Waals surface area contributed by atoms with Crippen molar-refractivity contribution in [3.63, 3.8) is 0 Å². The van der Waals surface area contributed by atoms with Gasteiger partial charge in [0.25, 0.3) is 10.1 Å². The standard InChI is InChI=1S/C5H11O3S/c1-5(2)3-4-9(6,7)8/h3-4H2,1-2H3,(H,6,7,8). The SMILES string of the molecule is C[C](C)CCS(=O)(=O)O. The fourth-order valence-corrected chi connectivity index (χ4v) is 0.999. The Balaban J connectivity index is 3.53. The maximum atomic E-state index is 10.1. The molecule has 0 spiro atoms. The molecule has 0 fully saturated rings. The van der Waals surface area contributed by atoms with E-state index in [1.807, 2.05) is 13.8 Å². The monoisotopic (exact) mass is 151 g/mol. The van der Waals surface area contributed by atoms with Crippen molar-refractivity contribution in [1.82, 2.24) is 0 Å². The highest BCUT2D eigenvalue weighted by Crippen LogP contribution is 2.02. The zero-order valence-corrected chi connectivity index (χ0v) is 6.40. The van der Waals surface area contributed by atoms with Gasteiger partial charge in [-0.2, -0.15) is 8.42 Å². The van der Waals surface area contributed by atoms with Crippen molar-refractivity contribution in [1.29, 1.82) is 0 Å². The third-order valence-corrected chi connectivity index (χ3v) is 1.58. The van der Waals surface area contributed by atoms with Crippen molar-refractivity contribution in [2.45, 2.75) is 20.3 Å². The van der Waals surface area contributed by atoms with Gasteiger partial charge in [-0.05, 0) is 12.3 Å². The highest BCUT2D eigenvalue weighted by molar-refractivity contribution is 7.85. The molecule has 1 N–H and O–H groups in total. The molecule has 0 aliphatic heterocycles. The molecule has 0 aromatic rings. The van der Waals surface area contributed by atoms with Crippen molar-refractivity contribution in [3.05, 3.63) is 5.92 Å². The molecule has 0 aliphatic rings. The predicted octanol–water partition coefficient (Wildman–Crippen LogP) is 0.879. The van der Waals surface area contributed by atoms with Gasteiger partial charge in [-0.1, -0.05) is 13.8 Å². The summed E-state index contributed by atoms with van der Waals surface area (Å²) in [6.07, 6.45) is 0.443. The van der Waals surface area contributed by atoms with Crippen LogP contribution < -0.4 is 0 Å². The van der Waals surface area contributed by atoms with Gasteiger partial charge in [0.1, 0.15) is 0 Å². The smallest absolute Gasteiger partial charge is 0.264 e. The zero-order valence-electron chi connectivity index (χ0n) is 5.59. The van der Waals surface area contributed by atoms with Crippen LogP contribution in [-0.4, -0.2) is 18.7 Å². The van der Waals surface area contributed by atoms with Crippen LogP contribution in [0.25, 0.3) is 0 Å². The summed E-state index contributed by atoms with van der Waals surface area (Å²) in [4.78, 5) is 0.